The summed E-state index contributed by atoms with van der Waals surface area (Å²) in [4.78, 5) is 0. The molecule has 15 heavy (non-hydrogen) atoms. The number of halogens is 3. The van der Waals surface area contributed by atoms with Crippen molar-refractivity contribution in [3.63, 3.8) is 0 Å². The third-order valence-corrected chi connectivity index (χ3v) is 3.13. The van der Waals surface area contributed by atoms with E-state index in [-0.39, 0.29) is 5.54 Å². The highest BCUT2D eigenvalue weighted by atomic mass is 35.5. The van der Waals surface area contributed by atoms with E-state index in [9.17, 15) is 0 Å². The van der Waals surface area contributed by atoms with Crippen LogP contribution in [-0.4, -0.2) is 5.54 Å². The molecule has 1 nitrogen and oxygen atoms in total. The first-order valence-corrected chi connectivity index (χ1v) is 5.82. The average molecular weight is 267 g/mol. The van der Waals surface area contributed by atoms with E-state index in [1.54, 1.807) is 12.1 Å². The summed E-state index contributed by atoms with van der Waals surface area (Å²) in [7, 11) is 0. The molecule has 0 heterocycles. The van der Waals surface area contributed by atoms with Crippen molar-refractivity contribution in [2.45, 2.75) is 32.9 Å². The lowest BCUT2D eigenvalue weighted by Crippen LogP contribution is -2.35. The summed E-state index contributed by atoms with van der Waals surface area (Å²) in [6.45, 7) is 6.86. The Labute approximate surface area is 106 Å². The molecule has 0 radical (unpaired) electrons. The lowest BCUT2D eigenvalue weighted by molar-refractivity contribution is 0.424. The van der Waals surface area contributed by atoms with E-state index in [0.29, 0.717) is 21.6 Å². The van der Waals surface area contributed by atoms with Gasteiger partial charge >= 0.3 is 0 Å². The number of benzene rings is 1. The van der Waals surface area contributed by atoms with Crippen LogP contribution in [0.15, 0.2) is 12.1 Å². The van der Waals surface area contributed by atoms with Crippen LogP contribution in [0.3, 0.4) is 0 Å². The van der Waals surface area contributed by atoms with Crippen molar-refractivity contribution in [1.82, 2.24) is 5.32 Å². The van der Waals surface area contributed by atoms with Crippen molar-refractivity contribution < 1.29 is 0 Å². The predicted octanol–water partition coefficient (Wildman–Crippen LogP) is 4.53. The van der Waals surface area contributed by atoms with Gasteiger partial charge < -0.3 is 5.32 Å². The van der Waals surface area contributed by atoms with Gasteiger partial charge in [-0.15, -0.1) is 0 Å². The van der Waals surface area contributed by atoms with Gasteiger partial charge in [-0.2, -0.15) is 0 Å². The first-order chi connectivity index (χ1) is 6.81. The molecule has 0 saturated carbocycles. The van der Waals surface area contributed by atoms with E-state index in [4.69, 9.17) is 34.8 Å². The van der Waals surface area contributed by atoms with Crippen LogP contribution in [-0.2, 0) is 6.54 Å². The summed E-state index contributed by atoms with van der Waals surface area (Å²) in [6, 6.07) is 3.46. The molecule has 0 aromatic heterocycles. The van der Waals surface area contributed by atoms with Crippen molar-refractivity contribution in [3.8, 4) is 0 Å². The molecule has 0 aliphatic rings. The van der Waals surface area contributed by atoms with Crippen LogP contribution in [0.5, 0.6) is 0 Å². The molecule has 1 aromatic carbocycles. The Hall–Kier alpha value is 0.0500. The smallest absolute Gasteiger partial charge is 0.0652 e. The zero-order chi connectivity index (χ0) is 11.6. The van der Waals surface area contributed by atoms with E-state index in [0.717, 1.165) is 5.56 Å². The van der Waals surface area contributed by atoms with Crippen LogP contribution in [0.2, 0.25) is 15.1 Å². The Balaban J connectivity index is 2.90. The van der Waals surface area contributed by atoms with Crippen molar-refractivity contribution >= 4 is 34.8 Å². The Bertz CT molecular complexity index is 356. The van der Waals surface area contributed by atoms with Crippen LogP contribution in [0.1, 0.15) is 26.3 Å². The SMILES string of the molecule is CC(C)(C)NCc1c(Cl)ccc(Cl)c1Cl. The third-order valence-electron chi connectivity index (χ3n) is 1.93. The van der Waals surface area contributed by atoms with E-state index in [1.165, 1.54) is 0 Å². The molecule has 0 saturated heterocycles. The molecule has 84 valence electrons. The molecule has 0 unspecified atom stereocenters. The Morgan fingerprint density at radius 2 is 1.60 bits per heavy atom. The topological polar surface area (TPSA) is 12.0 Å². The van der Waals surface area contributed by atoms with Gasteiger partial charge in [0.15, 0.2) is 0 Å². The molecule has 4 heteroatoms. The first-order valence-electron chi connectivity index (χ1n) is 4.68. The molecule has 1 N–H and O–H groups in total. The summed E-state index contributed by atoms with van der Waals surface area (Å²) in [5, 5.41) is 5.02. The van der Waals surface area contributed by atoms with Gasteiger partial charge in [-0.25, -0.2) is 0 Å². The van der Waals surface area contributed by atoms with Gasteiger partial charge in [-0.3, -0.25) is 0 Å². The summed E-state index contributed by atoms with van der Waals surface area (Å²) >= 11 is 18.0. The van der Waals surface area contributed by atoms with Crippen LogP contribution >= 0.6 is 34.8 Å². The Morgan fingerprint density at radius 1 is 1.07 bits per heavy atom. The maximum atomic E-state index is 6.07. The minimum Gasteiger partial charge on any atom is -0.308 e. The number of nitrogens with one attached hydrogen (secondary N) is 1. The van der Waals surface area contributed by atoms with Crippen LogP contribution < -0.4 is 5.32 Å². The largest absolute Gasteiger partial charge is 0.308 e. The molecule has 0 aliphatic carbocycles. The average Bonchev–Trinajstić information content (AvgIpc) is 2.10. The molecule has 0 aliphatic heterocycles. The standard InChI is InChI=1S/C11H14Cl3N/c1-11(2,3)15-6-7-8(12)4-5-9(13)10(7)14/h4-5,15H,6H2,1-3H3. The molecular formula is C11H14Cl3N. The molecule has 1 aromatic rings. The summed E-state index contributed by atoms with van der Waals surface area (Å²) in [5.41, 5.74) is 0.871. The van der Waals surface area contributed by atoms with E-state index in [1.807, 2.05) is 0 Å². The Morgan fingerprint density at radius 3 is 2.13 bits per heavy atom. The normalized spacial score (nSPS) is 11.9. The van der Waals surface area contributed by atoms with E-state index in [2.05, 4.69) is 26.1 Å². The van der Waals surface area contributed by atoms with Crippen LogP contribution in [0, 0.1) is 0 Å². The monoisotopic (exact) mass is 265 g/mol. The number of hydrogen-bond acceptors (Lipinski definition) is 1. The minimum atomic E-state index is 0.0228. The van der Waals surface area contributed by atoms with Gasteiger partial charge in [0.2, 0.25) is 0 Å². The molecule has 1 rings (SSSR count). The van der Waals surface area contributed by atoms with E-state index < -0.39 is 0 Å². The van der Waals surface area contributed by atoms with Gasteiger partial charge in [0, 0.05) is 22.7 Å². The number of rotatable bonds is 2. The van der Waals surface area contributed by atoms with Crippen LogP contribution in [0.4, 0.5) is 0 Å². The highest BCUT2D eigenvalue weighted by molar-refractivity contribution is 6.44. The number of hydrogen-bond donors (Lipinski definition) is 1. The van der Waals surface area contributed by atoms with Crippen molar-refractivity contribution in [1.29, 1.82) is 0 Å². The van der Waals surface area contributed by atoms with Gasteiger partial charge in [-0.1, -0.05) is 34.8 Å². The zero-order valence-corrected chi connectivity index (χ0v) is 11.3. The molecule has 0 fully saturated rings. The summed E-state index contributed by atoms with van der Waals surface area (Å²) in [6.07, 6.45) is 0. The second-order valence-electron chi connectivity index (χ2n) is 4.43. The van der Waals surface area contributed by atoms with Gasteiger partial charge in [0.05, 0.1) is 10.0 Å². The van der Waals surface area contributed by atoms with Gasteiger partial charge in [0.25, 0.3) is 0 Å². The summed E-state index contributed by atoms with van der Waals surface area (Å²) < 4.78 is 0. The lowest BCUT2D eigenvalue weighted by Gasteiger charge is -2.21. The lowest BCUT2D eigenvalue weighted by atomic mass is 10.1. The van der Waals surface area contributed by atoms with E-state index >= 15 is 0 Å². The van der Waals surface area contributed by atoms with Gasteiger partial charge in [0.1, 0.15) is 0 Å². The maximum absolute atomic E-state index is 6.07. The molecule has 0 atom stereocenters. The fraction of sp³-hybridized carbons (Fsp3) is 0.455. The molecule has 0 bridgehead atoms. The second-order valence-corrected chi connectivity index (χ2v) is 5.62. The van der Waals surface area contributed by atoms with Crippen molar-refractivity contribution in [2.75, 3.05) is 0 Å². The zero-order valence-electron chi connectivity index (χ0n) is 9.00. The Kier molecular flexibility index (Phi) is 4.30. The fourth-order valence-corrected chi connectivity index (χ4v) is 1.77. The molecular weight excluding hydrogens is 252 g/mol. The van der Waals surface area contributed by atoms with Crippen molar-refractivity contribution in [2.24, 2.45) is 0 Å². The predicted molar refractivity (Wildman–Crippen MR) is 68.1 cm³/mol. The summed E-state index contributed by atoms with van der Waals surface area (Å²) in [5.74, 6) is 0. The van der Waals surface area contributed by atoms with Gasteiger partial charge in [-0.05, 0) is 32.9 Å². The highest BCUT2D eigenvalue weighted by Crippen LogP contribution is 2.31. The highest BCUT2D eigenvalue weighted by Gasteiger charge is 2.13. The fourth-order valence-electron chi connectivity index (χ4n) is 1.08. The molecule has 0 amide bonds. The third kappa shape index (κ3) is 3.84. The van der Waals surface area contributed by atoms with Crippen LogP contribution in [0.25, 0.3) is 0 Å². The first kappa shape index (κ1) is 13.1. The van der Waals surface area contributed by atoms with Crippen molar-refractivity contribution in [3.05, 3.63) is 32.8 Å². The minimum absolute atomic E-state index is 0.0228. The second kappa shape index (κ2) is 4.92. The quantitative estimate of drug-likeness (QED) is 0.775. The molecule has 0 spiro atoms. The maximum Gasteiger partial charge on any atom is 0.0652 e.